The molecule has 10 unspecified atom stereocenters. The van der Waals surface area contributed by atoms with Gasteiger partial charge >= 0.3 is 0 Å². The number of nitrogens with two attached hydrogens (primary N) is 1. The number of carbonyl (C=O) groups is 3. The average molecular weight is 550 g/mol. The van der Waals surface area contributed by atoms with E-state index in [0.29, 0.717) is 0 Å². The maximum absolute atomic E-state index is 13.8. The molecule has 1 aromatic rings. The Morgan fingerprint density at radius 1 is 1.10 bits per heavy atom. The molecule has 1 saturated heterocycles. The van der Waals surface area contributed by atoms with Crippen molar-refractivity contribution < 1.29 is 54.1 Å². The van der Waals surface area contributed by atoms with Crippen molar-refractivity contribution >= 4 is 17.3 Å². The van der Waals surface area contributed by atoms with Crippen molar-refractivity contribution in [3.8, 4) is 5.75 Å². The van der Waals surface area contributed by atoms with Crippen LogP contribution >= 0.6 is 0 Å². The smallest absolute Gasteiger partial charge is 0.189 e. The van der Waals surface area contributed by atoms with E-state index in [-0.39, 0.29) is 36.1 Å². The van der Waals surface area contributed by atoms with Gasteiger partial charge in [0.2, 0.25) is 0 Å². The highest BCUT2D eigenvalue weighted by Gasteiger charge is 2.64. The summed E-state index contributed by atoms with van der Waals surface area (Å²) in [5.41, 5.74) is 4.00. The molecule has 12 nitrogen and oxygen atoms in total. The molecule has 3 aliphatic carbocycles. The number of rotatable bonds is 5. The van der Waals surface area contributed by atoms with Crippen LogP contribution in [-0.4, -0.2) is 105 Å². The lowest BCUT2D eigenvalue weighted by atomic mass is 9.52. The van der Waals surface area contributed by atoms with Gasteiger partial charge in [0.25, 0.3) is 0 Å². The van der Waals surface area contributed by atoms with Gasteiger partial charge in [-0.2, -0.15) is 0 Å². The lowest BCUT2D eigenvalue weighted by Gasteiger charge is -2.56. The van der Waals surface area contributed by atoms with Gasteiger partial charge < -0.3 is 45.5 Å². The molecule has 214 valence electrons. The van der Waals surface area contributed by atoms with Gasteiger partial charge in [-0.3, -0.25) is 14.4 Å². The molecule has 1 heterocycles. The van der Waals surface area contributed by atoms with E-state index >= 15 is 0 Å². The molecule has 4 aliphatic rings. The second kappa shape index (κ2) is 10.3. The summed E-state index contributed by atoms with van der Waals surface area (Å²) < 4.78 is 17.2. The Bertz CT molecular complexity index is 1150. The van der Waals surface area contributed by atoms with Crippen LogP contribution in [0, 0.1) is 23.7 Å². The predicted molar refractivity (Wildman–Crippen MR) is 132 cm³/mol. The van der Waals surface area contributed by atoms with Crippen molar-refractivity contribution in [1.29, 1.82) is 0 Å². The molecule has 1 aromatic carbocycles. The second-order valence-corrected chi connectivity index (χ2v) is 11.2. The van der Waals surface area contributed by atoms with Crippen molar-refractivity contribution in [2.24, 2.45) is 29.4 Å². The van der Waals surface area contributed by atoms with Crippen LogP contribution in [0.15, 0.2) is 18.2 Å². The fourth-order valence-corrected chi connectivity index (χ4v) is 7.13. The van der Waals surface area contributed by atoms with Crippen LogP contribution in [0.4, 0.5) is 0 Å². The maximum atomic E-state index is 13.8. The van der Waals surface area contributed by atoms with E-state index in [0.717, 1.165) is 0 Å². The number of methoxy groups -OCH3 is 1. The zero-order valence-corrected chi connectivity index (χ0v) is 21.7. The number of aliphatic hydroxyl groups is 5. The quantitative estimate of drug-likeness (QED) is 0.250. The molecule has 0 aromatic heterocycles. The number of Topliss-reactive ketones (excluding diaryl/α,β-unsaturated/α-hetero) is 3. The molecule has 0 bridgehead atoms. The predicted octanol–water partition coefficient (Wildman–Crippen LogP) is -1.43. The molecular formula is C27H35NO11. The number of fused-ring (bicyclic) bond motifs is 3. The summed E-state index contributed by atoms with van der Waals surface area (Å²) >= 11 is 0. The van der Waals surface area contributed by atoms with E-state index in [1.807, 2.05) is 0 Å². The Balaban J connectivity index is 1.55. The Morgan fingerprint density at radius 2 is 1.79 bits per heavy atom. The molecule has 0 spiro atoms. The number of benzene rings is 1. The summed E-state index contributed by atoms with van der Waals surface area (Å²) in [4.78, 5) is 40.0. The molecule has 0 radical (unpaired) electrons. The Morgan fingerprint density at radius 3 is 2.44 bits per heavy atom. The van der Waals surface area contributed by atoms with Crippen molar-refractivity contribution in [1.82, 2.24) is 0 Å². The standard InChI is InChI=1S/C27H35NO11/c1-10-22(31)13(28)6-17(38-10)39-15-8-27(36,16(30)9-29)7-12-19(15)26(35)21-20(24(12)33)23(32)11-4-3-5-14(37-2)18(11)25(21)34/h3-5,10,12-13,15,17,19-22,24,26,29,31,33,35-36H,6-9,28H2,1-2H3/t10?,12?,13?,15-,17?,19?,20?,21?,22?,24?,26?,27-/m0/s1. The second-order valence-electron chi connectivity index (χ2n) is 11.2. The number of carbonyl (C=O) groups excluding carboxylic acids is 3. The van der Waals surface area contributed by atoms with Gasteiger partial charge in [0, 0.05) is 30.4 Å². The third-order valence-electron chi connectivity index (χ3n) is 9.10. The number of aliphatic hydroxyl groups excluding tert-OH is 4. The van der Waals surface area contributed by atoms with Crippen LogP contribution in [0.2, 0.25) is 0 Å². The van der Waals surface area contributed by atoms with Crippen molar-refractivity contribution in [2.45, 2.75) is 74.6 Å². The molecule has 39 heavy (non-hydrogen) atoms. The topological polar surface area (TPSA) is 206 Å². The Kier molecular flexibility index (Phi) is 7.44. The van der Waals surface area contributed by atoms with E-state index in [4.69, 9.17) is 19.9 Å². The summed E-state index contributed by atoms with van der Waals surface area (Å²) in [6.45, 7) is 0.639. The third kappa shape index (κ3) is 4.43. The first kappa shape index (κ1) is 28.2. The highest BCUT2D eigenvalue weighted by Crippen LogP contribution is 2.53. The zero-order chi connectivity index (χ0) is 28.4. The van der Waals surface area contributed by atoms with Crippen LogP contribution in [0.3, 0.4) is 0 Å². The molecule has 0 amide bonds. The molecule has 3 fully saturated rings. The minimum atomic E-state index is -2.13. The summed E-state index contributed by atoms with van der Waals surface area (Å²) in [6, 6.07) is 3.85. The van der Waals surface area contributed by atoms with Gasteiger partial charge in [0.05, 0.1) is 55.0 Å². The van der Waals surface area contributed by atoms with Crippen LogP contribution in [-0.2, 0) is 14.3 Å². The van der Waals surface area contributed by atoms with Crippen molar-refractivity contribution in [2.75, 3.05) is 13.7 Å². The van der Waals surface area contributed by atoms with E-state index in [1.54, 1.807) is 13.0 Å². The number of ketones is 3. The molecule has 12 atom stereocenters. The van der Waals surface area contributed by atoms with Crippen molar-refractivity contribution in [3.05, 3.63) is 29.3 Å². The Hall–Kier alpha value is -2.29. The first-order chi connectivity index (χ1) is 18.4. The molecule has 7 N–H and O–H groups in total. The number of hydrogen-bond acceptors (Lipinski definition) is 12. The summed E-state index contributed by atoms with van der Waals surface area (Å²) in [6.07, 6.45) is -7.40. The first-order valence-corrected chi connectivity index (χ1v) is 13.2. The molecule has 12 heteroatoms. The minimum Gasteiger partial charge on any atom is -0.496 e. The van der Waals surface area contributed by atoms with Gasteiger partial charge in [0.15, 0.2) is 23.6 Å². The lowest BCUT2D eigenvalue weighted by molar-refractivity contribution is -0.277. The fraction of sp³-hybridized carbons (Fsp3) is 0.667. The number of hydrogen-bond donors (Lipinski definition) is 6. The van der Waals surface area contributed by atoms with E-state index < -0.39 is 96.1 Å². The maximum Gasteiger partial charge on any atom is 0.189 e. The SMILES string of the molecule is COc1cccc2c1C(=O)C1C(O)C3C(C[C@@](O)(C(=O)CO)C[C@@H]3OC3CC(N)C(O)C(C)O3)C(O)C1C2=O. The molecule has 5 rings (SSSR count). The number of ether oxygens (including phenoxy) is 3. The van der Waals surface area contributed by atoms with Gasteiger partial charge in [-0.1, -0.05) is 12.1 Å². The van der Waals surface area contributed by atoms with Crippen molar-refractivity contribution in [3.63, 3.8) is 0 Å². The van der Waals surface area contributed by atoms with Crippen LogP contribution in [0.25, 0.3) is 0 Å². The Labute approximate surface area is 224 Å². The van der Waals surface area contributed by atoms with E-state index in [2.05, 4.69) is 0 Å². The third-order valence-corrected chi connectivity index (χ3v) is 9.10. The molecular weight excluding hydrogens is 514 g/mol. The zero-order valence-electron chi connectivity index (χ0n) is 21.7. The van der Waals surface area contributed by atoms with E-state index in [1.165, 1.54) is 19.2 Å². The van der Waals surface area contributed by atoms with Crippen LogP contribution < -0.4 is 10.5 Å². The highest BCUT2D eigenvalue weighted by atomic mass is 16.7. The summed E-state index contributed by atoms with van der Waals surface area (Å²) in [7, 11) is 1.36. The van der Waals surface area contributed by atoms with E-state index in [9.17, 15) is 39.9 Å². The monoisotopic (exact) mass is 549 g/mol. The van der Waals surface area contributed by atoms with Gasteiger partial charge in [0.1, 0.15) is 18.0 Å². The van der Waals surface area contributed by atoms with Gasteiger partial charge in [-0.25, -0.2) is 0 Å². The van der Waals surface area contributed by atoms with Crippen LogP contribution in [0.5, 0.6) is 5.75 Å². The van der Waals surface area contributed by atoms with Gasteiger partial charge in [-0.15, -0.1) is 0 Å². The first-order valence-electron chi connectivity index (χ1n) is 13.2. The summed E-state index contributed by atoms with van der Waals surface area (Å²) in [5.74, 6) is -6.51. The molecule has 1 aliphatic heterocycles. The normalized spacial score (nSPS) is 43.7. The van der Waals surface area contributed by atoms with Gasteiger partial charge in [-0.05, 0) is 25.3 Å². The fourth-order valence-electron chi connectivity index (χ4n) is 7.13. The summed E-state index contributed by atoms with van der Waals surface area (Å²) in [5, 5.41) is 54.3. The highest BCUT2D eigenvalue weighted by molar-refractivity contribution is 6.18. The average Bonchev–Trinajstić information content (AvgIpc) is 2.90. The molecule has 2 saturated carbocycles. The minimum absolute atomic E-state index is 0.0283. The lowest BCUT2D eigenvalue weighted by Crippen LogP contribution is -2.67. The largest absolute Gasteiger partial charge is 0.496 e. The van der Waals surface area contributed by atoms with Crippen LogP contribution in [0.1, 0.15) is 46.9 Å².